The highest BCUT2D eigenvalue weighted by molar-refractivity contribution is 7.84. The number of nitrogens with zero attached hydrogens (tertiary/aromatic N) is 2. The van der Waals surface area contributed by atoms with Crippen LogP contribution < -0.4 is 5.32 Å². The van der Waals surface area contributed by atoms with Crippen molar-refractivity contribution in [3.8, 4) is 0 Å². The van der Waals surface area contributed by atoms with Gasteiger partial charge in [-0.2, -0.15) is 0 Å². The first-order valence-electron chi connectivity index (χ1n) is 6.03. The number of aryl methyl sites for hydroxylation is 1. The minimum absolute atomic E-state index is 0.643. The van der Waals surface area contributed by atoms with Crippen molar-refractivity contribution in [3.63, 3.8) is 0 Å². The van der Waals surface area contributed by atoms with Gasteiger partial charge in [0.15, 0.2) is 0 Å². The molecule has 0 saturated carbocycles. The van der Waals surface area contributed by atoms with Crippen LogP contribution in [0.4, 0.5) is 5.82 Å². The Morgan fingerprint density at radius 3 is 2.56 bits per heavy atom. The normalized spacial score (nSPS) is 12.6. The summed E-state index contributed by atoms with van der Waals surface area (Å²) in [5.41, 5.74) is 2.65. The molecule has 0 saturated heterocycles. The van der Waals surface area contributed by atoms with Crippen molar-refractivity contribution in [1.29, 1.82) is 0 Å². The van der Waals surface area contributed by atoms with E-state index in [9.17, 15) is 4.21 Å². The Balaban J connectivity index is 2.13. The smallest absolute Gasteiger partial charge is 0.148 e. The summed E-state index contributed by atoms with van der Waals surface area (Å²) in [6.07, 6.45) is 0. The maximum absolute atomic E-state index is 11.3. The van der Waals surface area contributed by atoms with E-state index in [4.69, 9.17) is 0 Å². The minimum atomic E-state index is -0.745. The van der Waals surface area contributed by atoms with Gasteiger partial charge in [-0.25, -0.2) is 9.97 Å². The average Bonchev–Trinajstić information content (AvgIpc) is 2.39. The van der Waals surface area contributed by atoms with Crippen LogP contribution in [0.15, 0.2) is 24.3 Å². The van der Waals surface area contributed by atoms with Crippen molar-refractivity contribution in [2.75, 3.05) is 23.4 Å². The highest BCUT2D eigenvalue weighted by Crippen LogP contribution is 2.15. The van der Waals surface area contributed by atoms with Crippen LogP contribution in [-0.2, 0) is 10.8 Å². The Kier molecular flexibility index (Phi) is 4.25. The molecule has 0 fully saturated rings. The molecule has 1 aromatic carbocycles. The lowest BCUT2D eigenvalue weighted by molar-refractivity contribution is 0.684. The van der Waals surface area contributed by atoms with E-state index in [1.54, 1.807) is 0 Å². The van der Waals surface area contributed by atoms with E-state index in [1.165, 1.54) is 0 Å². The lowest BCUT2D eigenvalue weighted by Crippen LogP contribution is -2.14. The molecule has 0 bridgehead atoms. The number of fused-ring (bicyclic) bond motifs is 1. The summed E-state index contributed by atoms with van der Waals surface area (Å²) in [4.78, 5) is 9.02. The number of aromatic nitrogens is 2. The number of nitrogens with one attached hydrogen (secondary N) is 1. The van der Waals surface area contributed by atoms with Gasteiger partial charge >= 0.3 is 0 Å². The van der Waals surface area contributed by atoms with Crippen molar-refractivity contribution in [2.45, 2.75) is 13.8 Å². The molecule has 0 spiro atoms. The Bertz CT molecular complexity index is 571. The minimum Gasteiger partial charge on any atom is -0.368 e. The topological polar surface area (TPSA) is 54.9 Å². The Labute approximate surface area is 109 Å². The van der Waals surface area contributed by atoms with Gasteiger partial charge in [-0.15, -0.1) is 0 Å². The second-order valence-electron chi connectivity index (χ2n) is 4.01. The molecule has 1 unspecified atom stereocenters. The quantitative estimate of drug-likeness (QED) is 0.897. The van der Waals surface area contributed by atoms with Gasteiger partial charge in [0, 0.05) is 28.9 Å². The summed E-state index contributed by atoms with van der Waals surface area (Å²) in [5.74, 6) is 2.12. The van der Waals surface area contributed by atoms with Gasteiger partial charge in [-0.3, -0.25) is 4.21 Å². The fraction of sp³-hybridized carbons (Fsp3) is 0.385. The first-order chi connectivity index (χ1) is 8.70. The molecule has 0 aliphatic rings. The largest absolute Gasteiger partial charge is 0.368 e. The molecule has 1 aromatic heterocycles. The summed E-state index contributed by atoms with van der Waals surface area (Å²) in [5, 5.41) is 3.20. The van der Waals surface area contributed by atoms with E-state index in [2.05, 4.69) is 15.3 Å². The molecule has 96 valence electrons. The molecule has 0 radical (unpaired) electrons. The molecule has 0 aliphatic heterocycles. The van der Waals surface area contributed by atoms with E-state index in [1.807, 2.05) is 38.1 Å². The van der Waals surface area contributed by atoms with Crippen LogP contribution in [0.3, 0.4) is 0 Å². The van der Waals surface area contributed by atoms with Crippen LogP contribution >= 0.6 is 0 Å². The lowest BCUT2D eigenvalue weighted by atomic mass is 10.3. The third kappa shape index (κ3) is 3.04. The van der Waals surface area contributed by atoms with Crippen LogP contribution in [0.2, 0.25) is 0 Å². The number of hydrogen-bond donors (Lipinski definition) is 1. The van der Waals surface area contributed by atoms with Crippen LogP contribution in [-0.4, -0.2) is 32.2 Å². The van der Waals surface area contributed by atoms with Gasteiger partial charge in [0.1, 0.15) is 5.82 Å². The summed E-state index contributed by atoms with van der Waals surface area (Å²) >= 11 is 0. The van der Waals surface area contributed by atoms with Gasteiger partial charge in [0.2, 0.25) is 0 Å². The highest BCUT2D eigenvalue weighted by Gasteiger charge is 2.04. The molecule has 2 aromatic rings. The monoisotopic (exact) mass is 263 g/mol. The summed E-state index contributed by atoms with van der Waals surface area (Å²) in [6, 6.07) is 7.79. The van der Waals surface area contributed by atoms with Gasteiger partial charge < -0.3 is 5.32 Å². The molecule has 4 nitrogen and oxygen atoms in total. The van der Waals surface area contributed by atoms with E-state index < -0.39 is 10.8 Å². The zero-order valence-corrected chi connectivity index (χ0v) is 11.5. The predicted molar refractivity (Wildman–Crippen MR) is 76.3 cm³/mol. The van der Waals surface area contributed by atoms with E-state index in [0.29, 0.717) is 18.1 Å². The molecule has 0 aliphatic carbocycles. The fourth-order valence-corrected chi connectivity index (χ4v) is 2.30. The number of rotatable bonds is 5. The van der Waals surface area contributed by atoms with Gasteiger partial charge in [0.25, 0.3) is 0 Å². The maximum Gasteiger partial charge on any atom is 0.148 e. The molecule has 5 heteroatoms. The van der Waals surface area contributed by atoms with Gasteiger partial charge in [-0.1, -0.05) is 19.1 Å². The highest BCUT2D eigenvalue weighted by atomic mass is 32.2. The van der Waals surface area contributed by atoms with E-state index in [0.717, 1.165) is 22.5 Å². The molecule has 2 rings (SSSR count). The number of benzene rings is 1. The van der Waals surface area contributed by atoms with Crippen molar-refractivity contribution >= 4 is 27.7 Å². The van der Waals surface area contributed by atoms with Crippen molar-refractivity contribution in [1.82, 2.24) is 9.97 Å². The third-order valence-electron chi connectivity index (χ3n) is 2.69. The van der Waals surface area contributed by atoms with Crippen molar-refractivity contribution in [3.05, 3.63) is 30.0 Å². The summed E-state index contributed by atoms with van der Waals surface area (Å²) in [6.45, 7) is 4.52. The van der Waals surface area contributed by atoms with E-state index in [-0.39, 0.29) is 0 Å². The van der Waals surface area contributed by atoms with Gasteiger partial charge in [0.05, 0.1) is 16.7 Å². The predicted octanol–water partition coefficient (Wildman–Crippen LogP) is 2.12. The molecule has 0 amide bonds. The Morgan fingerprint density at radius 2 is 1.89 bits per heavy atom. The van der Waals surface area contributed by atoms with Crippen LogP contribution in [0, 0.1) is 6.92 Å². The summed E-state index contributed by atoms with van der Waals surface area (Å²) < 4.78 is 11.3. The van der Waals surface area contributed by atoms with Crippen molar-refractivity contribution in [2.24, 2.45) is 0 Å². The summed E-state index contributed by atoms with van der Waals surface area (Å²) in [7, 11) is -0.745. The molecule has 18 heavy (non-hydrogen) atoms. The Hall–Kier alpha value is -1.49. The average molecular weight is 263 g/mol. The molecule has 1 heterocycles. The number of hydrogen-bond acceptors (Lipinski definition) is 4. The zero-order chi connectivity index (χ0) is 13.0. The van der Waals surface area contributed by atoms with Gasteiger partial charge in [-0.05, 0) is 19.1 Å². The molecule has 1 atom stereocenters. The van der Waals surface area contributed by atoms with Crippen LogP contribution in [0.1, 0.15) is 12.6 Å². The maximum atomic E-state index is 11.3. The second kappa shape index (κ2) is 5.91. The second-order valence-corrected chi connectivity index (χ2v) is 5.87. The molecular weight excluding hydrogens is 246 g/mol. The first-order valence-corrected chi connectivity index (χ1v) is 7.51. The SMILES string of the molecule is CCS(=O)CCNc1nc2ccccc2nc1C. The third-order valence-corrected chi connectivity index (χ3v) is 3.99. The van der Waals surface area contributed by atoms with Crippen molar-refractivity contribution < 1.29 is 4.21 Å². The van der Waals surface area contributed by atoms with Crippen LogP contribution in [0.5, 0.6) is 0 Å². The number of para-hydroxylation sites is 2. The molecular formula is C13H17N3OS. The lowest BCUT2D eigenvalue weighted by Gasteiger charge is -2.08. The Morgan fingerprint density at radius 1 is 1.22 bits per heavy atom. The van der Waals surface area contributed by atoms with Crippen LogP contribution in [0.25, 0.3) is 11.0 Å². The fourth-order valence-electron chi connectivity index (χ4n) is 1.68. The standard InChI is InChI=1S/C13H17N3OS/c1-3-18(17)9-8-14-13-10(2)15-11-6-4-5-7-12(11)16-13/h4-7H,3,8-9H2,1-2H3,(H,14,16). The first kappa shape index (κ1) is 13.0. The molecule has 1 N–H and O–H groups in total. The van der Waals surface area contributed by atoms with E-state index >= 15 is 0 Å². The number of anilines is 1. The zero-order valence-electron chi connectivity index (χ0n) is 10.6.